The van der Waals surface area contributed by atoms with Crippen molar-refractivity contribution in [3.8, 4) is 0 Å². The van der Waals surface area contributed by atoms with Crippen LogP contribution in [0.5, 0.6) is 0 Å². The number of nitrogens with one attached hydrogen (secondary N) is 1. The molecule has 0 unspecified atom stereocenters. The second-order valence-electron chi connectivity index (χ2n) is 3.71. The van der Waals surface area contributed by atoms with E-state index in [1.165, 1.54) is 18.5 Å². The summed E-state index contributed by atoms with van der Waals surface area (Å²) >= 11 is 1.15. The lowest BCUT2D eigenvalue weighted by molar-refractivity contribution is -0.113. The highest BCUT2D eigenvalue weighted by molar-refractivity contribution is 8.00. The first-order chi connectivity index (χ1) is 9.66. The third-order valence-electron chi connectivity index (χ3n) is 2.29. The summed E-state index contributed by atoms with van der Waals surface area (Å²) in [6.07, 6.45) is 3.05. The summed E-state index contributed by atoms with van der Waals surface area (Å²) in [7, 11) is 0. The predicted molar refractivity (Wildman–Crippen MR) is 74.8 cm³/mol. The lowest BCUT2D eigenvalue weighted by Crippen LogP contribution is -2.16. The maximum absolute atomic E-state index is 11.7. The van der Waals surface area contributed by atoms with Crippen molar-refractivity contribution < 1.29 is 14.7 Å². The van der Waals surface area contributed by atoms with E-state index in [1.807, 2.05) is 0 Å². The first kappa shape index (κ1) is 14.0. The molecule has 0 aliphatic carbocycles. The molecule has 0 bridgehead atoms. The monoisotopic (exact) mass is 289 g/mol. The number of carboxylic acid groups (broad SMARTS) is 1. The summed E-state index contributed by atoms with van der Waals surface area (Å²) in [5.41, 5.74) is 0.182. The third kappa shape index (κ3) is 3.79. The Morgan fingerprint density at radius 3 is 2.55 bits per heavy atom. The molecule has 6 nitrogen and oxygen atoms in total. The van der Waals surface area contributed by atoms with Crippen molar-refractivity contribution in [3.05, 3.63) is 48.3 Å². The number of carboxylic acids is 1. The SMILES string of the molecule is O=C(CSc1ccccc1C(=O)O)Nc1ncccn1. The molecule has 102 valence electrons. The van der Waals surface area contributed by atoms with Gasteiger partial charge in [-0.3, -0.25) is 10.1 Å². The van der Waals surface area contributed by atoms with Crippen LogP contribution in [0, 0.1) is 0 Å². The van der Waals surface area contributed by atoms with Gasteiger partial charge < -0.3 is 5.11 Å². The van der Waals surface area contributed by atoms with Crippen molar-refractivity contribution in [1.82, 2.24) is 9.97 Å². The molecule has 0 aliphatic heterocycles. The molecule has 1 aromatic carbocycles. The molecule has 0 saturated heterocycles. The highest BCUT2D eigenvalue weighted by Crippen LogP contribution is 2.22. The number of rotatable bonds is 5. The molecular formula is C13H11N3O3S. The van der Waals surface area contributed by atoms with Gasteiger partial charge in [-0.15, -0.1) is 11.8 Å². The van der Waals surface area contributed by atoms with Crippen LogP contribution in [0.3, 0.4) is 0 Å². The molecule has 0 saturated carbocycles. The zero-order chi connectivity index (χ0) is 14.4. The minimum absolute atomic E-state index is 0.0859. The zero-order valence-corrected chi connectivity index (χ0v) is 11.1. The second-order valence-corrected chi connectivity index (χ2v) is 4.73. The van der Waals surface area contributed by atoms with E-state index < -0.39 is 5.97 Å². The van der Waals surface area contributed by atoms with Gasteiger partial charge in [-0.1, -0.05) is 12.1 Å². The van der Waals surface area contributed by atoms with Gasteiger partial charge in [0.2, 0.25) is 11.9 Å². The van der Waals surface area contributed by atoms with Crippen molar-refractivity contribution in [2.75, 3.05) is 11.1 Å². The van der Waals surface area contributed by atoms with Gasteiger partial charge in [-0.05, 0) is 18.2 Å². The minimum Gasteiger partial charge on any atom is -0.478 e. The summed E-state index contributed by atoms with van der Waals surface area (Å²) in [4.78, 5) is 31.0. The molecule has 2 N–H and O–H groups in total. The number of carbonyl (C=O) groups is 2. The van der Waals surface area contributed by atoms with Crippen molar-refractivity contribution in [2.24, 2.45) is 0 Å². The third-order valence-corrected chi connectivity index (χ3v) is 3.37. The maximum atomic E-state index is 11.7. The van der Waals surface area contributed by atoms with E-state index in [9.17, 15) is 9.59 Å². The highest BCUT2D eigenvalue weighted by Gasteiger charge is 2.11. The van der Waals surface area contributed by atoms with Crippen LogP contribution in [0.2, 0.25) is 0 Å². The Hall–Kier alpha value is -2.41. The normalized spacial score (nSPS) is 10.0. The Morgan fingerprint density at radius 2 is 1.85 bits per heavy atom. The van der Waals surface area contributed by atoms with Gasteiger partial charge in [0, 0.05) is 17.3 Å². The number of anilines is 1. The van der Waals surface area contributed by atoms with Gasteiger partial charge in [-0.25, -0.2) is 14.8 Å². The van der Waals surface area contributed by atoms with Crippen LogP contribution in [0.25, 0.3) is 0 Å². The van der Waals surface area contributed by atoms with Gasteiger partial charge in [0.1, 0.15) is 0 Å². The van der Waals surface area contributed by atoms with Crippen molar-refractivity contribution in [1.29, 1.82) is 0 Å². The summed E-state index contributed by atoms with van der Waals surface area (Å²) in [5.74, 6) is -0.992. The fourth-order valence-corrected chi connectivity index (χ4v) is 2.28. The largest absolute Gasteiger partial charge is 0.478 e. The lowest BCUT2D eigenvalue weighted by Gasteiger charge is -2.05. The number of aromatic nitrogens is 2. The Morgan fingerprint density at radius 1 is 1.15 bits per heavy atom. The van der Waals surface area contributed by atoms with Gasteiger partial charge in [0.15, 0.2) is 0 Å². The molecule has 2 aromatic rings. The molecule has 1 heterocycles. The van der Waals surface area contributed by atoms with E-state index in [4.69, 9.17) is 5.11 Å². The molecule has 7 heteroatoms. The molecule has 0 aliphatic rings. The predicted octanol–water partition coefficient (Wildman–Crippen LogP) is 1.91. The number of aromatic carboxylic acids is 1. The van der Waals surface area contributed by atoms with Gasteiger partial charge in [0.25, 0.3) is 0 Å². The van der Waals surface area contributed by atoms with Crippen LogP contribution in [-0.4, -0.2) is 32.7 Å². The number of nitrogens with zero attached hydrogens (tertiary/aromatic N) is 2. The van der Waals surface area contributed by atoms with Crippen LogP contribution in [0.4, 0.5) is 5.95 Å². The molecule has 0 radical (unpaired) electrons. The van der Waals surface area contributed by atoms with E-state index in [2.05, 4.69) is 15.3 Å². The quantitative estimate of drug-likeness (QED) is 0.817. The molecule has 20 heavy (non-hydrogen) atoms. The van der Waals surface area contributed by atoms with E-state index in [0.29, 0.717) is 4.90 Å². The van der Waals surface area contributed by atoms with Crippen LogP contribution < -0.4 is 5.32 Å². The van der Waals surface area contributed by atoms with Gasteiger partial charge in [0.05, 0.1) is 11.3 Å². The Labute approximate surface area is 119 Å². The van der Waals surface area contributed by atoms with Gasteiger partial charge >= 0.3 is 5.97 Å². The summed E-state index contributed by atoms with van der Waals surface area (Å²) in [6, 6.07) is 8.19. The van der Waals surface area contributed by atoms with Crippen LogP contribution in [-0.2, 0) is 4.79 Å². The molecule has 0 fully saturated rings. The molecule has 0 spiro atoms. The standard InChI is InChI=1S/C13H11N3O3S/c17-11(16-13-14-6-3-7-15-13)8-20-10-5-2-1-4-9(10)12(18)19/h1-7H,8H2,(H,18,19)(H,14,15,16,17). The van der Waals surface area contributed by atoms with E-state index >= 15 is 0 Å². The molecule has 1 aromatic heterocycles. The average Bonchev–Trinajstić information content (AvgIpc) is 2.46. The van der Waals surface area contributed by atoms with Gasteiger partial charge in [-0.2, -0.15) is 0 Å². The Bertz CT molecular complexity index is 619. The average molecular weight is 289 g/mol. The molecule has 0 atom stereocenters. The molecular weight excluding hydrogens is 278 g/mol. The number of amides is 1. The first-order valence-electron chi connectivity index (χ1n) is 5.69. The fraction of sp³-hybridized carbons (Fsp3) is 0.0769. The minimum atomic E-state index is -1.01. The first-order valence-corrected chi connectivity index (χ1v) is 6.67. The number of carbonyl (C=O) groups excluding carboxylic acids is 1. The Balaban J connectivity index is 1.96. The van der Waals surface area contributed by atoms with E-state index in [-0.39, 0.29) is 23.2 Å². The van der Waals surface area contributed by atoms with Crippen LogP contribution in [0.15, 0.2) is 47.6 Å². The smallest absolute Gasteiger partial charge is 0.336 e. The number of thioether (sulfide) groups is 1. The Kier molecular flexibility index (Phi) is 4.67. The number of benzene rings is 1. The topological polar surface area (TPSA) is 92.2 Å². The van der Waals surface area contributed by atoms with Crippen LogP contribution in [0.1, 0.15) is 10.4 Å². The summed E-state index contributed by atoms with van der Waals surface area (Å²) < 4.78 is 0. The van der Waals surface area contributed by atoms with Crippen LogP contribution >= 0.6 is 11.8 Å². The fourth-order valence-electron chi connectivity index (χ4n) is 1.44. The summed E-state index contributed by atoms with van der Waals surface area (Å²) in [5, 5.41) is 11.6. The van der Waals surface area contributed by atoms with E-state index in [1.54, 1.807) is 24.3 Å². The second kappa shape index (κ2) is 6.67. The van der Waals surface area contributed by atoms with E-state index in [0.717, 1.165) is 11.8 Å². The number of hydrogen-bond donors (Lipinski definition) is 2. The van der Waals surface area contributed by atoms with Crippen molar-refractivity contribution >= 4 is 29.6 Å². The van der Waals surface area contributed by atoms with Crippen molar-refractivity contribution in [3.63, 3.8) is 0 Å². The maximum Gasteiger partial charge on any atom is 0.336 e. The summed E-state index contributed by atoms with van der Waals surface area (Å²) in [6.45, 7) is 0. The molecule has 1 amide bonds. The highest BCUT2D eigenvalue weighted by atomic mass is 32.2. The lowest BCUT2D eigenvalue weighted by atomic mass is 10.2. The molecule has 2 rings (SSSR count). The zero-order valence-electron chi connectivity index (χ0n) is 10.3. The van der Waals surface area contributed by atoms with Crippen molar-refractivity contribution in [2.45, 2.75) is 4.90 Å². The number of hydrogen-bond acceptors (Lipinski definition) is 5.